The molecule has 0 saturated carbocycles. The summed E-state index contributed by atoms with van der Waals surface area (Å²) in [6, 6.07) is 20.3. The number of ether oxygens (including phenoxy) is 1. The van der Waals surface area contributed by atoms with Gasteiger partial charge in [0.05, 0.1) is 4.92 Å². The molecule has 0 aliphatic carbocycles. The molecule has 3 aromatic rings. The minimum atomic E-state index is -0.576. The van der Waals surface area contributed by atoms with Crippen molar-refractivity contribution in [1.82, 2.24) is 0 Å². The van der Waals surface area contributed by atoms with Crippen molar-refractivity contribution in [2.45, 2.75) is 6.92 Å². The van der Waals surface area contributed by atoms with E-state index in [1.165, 1.54) is 18.2 Å². The molecule has 0 spiro atoms. The van der Waals surface area contributed by atoms with Gasteiger partial charge in [0.1, 0.15) is 17.1 Å². The molecule has 0 atom stereocenters. The molecule has 0 aliphatic rings. The van der Waals surface area contributed by atoms with Gasteiger partial charge in [-0.2, -0.15) is 0 Å². The SMILES string of the molecule is Cc1ccc(Oc2ccc(NC(=O)c3ccccc3[N+](=O)[O-])cc2)cc1. The predicted octanol–water partition coefficient (Wildman–Crippen LogP) is 4.95. The van der Waals surface area contributed by atoms with Gasteiger partial charge in [0.2, 0.25) is 0 Å². The maximum absolute atomic E-state index is 12.3. The van der Waals surface area contributed by atoms with E-state index in [1.54, 1.807) is 30.3 Å². The minimum absolute atomic E-state index is 0.0116. The number of para-hydroxylation sites is 1. The van der Waals surface area contributed by atoms with Gasteiger partial charge in [0, 0.05) is 11.8 Å². The molecule has 3 aromatic carbocycles. The van der Waals surface area contributed by atoms with Crippen molar-refractivity contribution >= 4 is 17.3 Å². The van der Waals surface area contributed by atoms with Gasteiger partial charge in [-0.05, 0) is 49.4 Å². The zero-order chi connectivity index (χ0) is 18.5. The van der Waals surface area contributed by atoms with Crippen LogP contribution in [0.3, 0.4) is 0 Å². The number of benzene rings is 3. The number of anilines is 1. The molecule has 0 aliphatic heterocycles. The molecule has 0 saturated heterocycles. The van der Waals surface area contributed by atoms with E-state index in [9.17, 15) is 14.9 Å². The molecule has 3 rings (SSSR count). The Morgan fingerprint density at radius 1 is 0.923 bits per heavy atom. The maximum Gasteiger partial charge on any atom is 0.282 e. The van der Waals surface area contributed by atoms with Gasteiger partial charge in [0.25, 0.3) is 11.6 Å². The number of amides is 1. The average Bonchev–Trinajstić information content (AvgIpc) is 2.65. The molecule has 6 heteroatoms. The van der Waals surface area contributed by atoms with Crippen LogP contribution in [0.25, 0.3) is 0 Å². The summed E-state index contributed by atoms with van der Waals surface area (Å²) in [6.07, 6.45) is 0. The van der Waals surface area contributed by atoms with Crippen molar-refractivity contribution in [3.8, 4) is 11.5 Å². The average molecular weight is 348 g/mol. The van der Waals surface area contributed by atoms with E-state index < -0.39 is 10.8 Å². The Bertz CT molecular complexity index is 935. The Morgan fingerprint density at radius 2 is 1.50 bits per heavy atom. The van der Waals surface area contributed by atoms with Crippen LogP contribution in [0.5, 0.6) is 11.5 Å². The number of hydrogen-bond donors (Lipinski definition) is 1. The van der Waals surface area contributed by atoms with Gasteiger partial charge in [-0.3, -0.25) is 14.9 Å². The number of nitrogens with one attached hydrogen (secondary N) is 1. The lowest BCUT2D eigenvalue weighted by atomic mass is 10.1. The van der Waals surface area contributed by atoms with Crippen molar-refractivity contribution in [3.63, 3.8) is 0 Å². The summed E-state index contributed by atoms with van der Waals surface area (Å²) in [5, 5.41) is 13.7. The molecule has 0 unspecified atom stereocenters. The molecule has 0 bridgehead atoms. The summed E-state index contributed by atoms with van der Waals surface area (Å²) >= 11 is 0. The van der Waals surface area contributed by atoms with E-state index >= 15 is 0 Å². The number of carbonyl (C=O) groups excluding carboxylic acids is 1. The van der Waals surface area contributed by atoms with Crippen LogP contribution in [0.15, 0.2) is 72.8 Å². The number of aryl methyl sites for hydroxylation is 1. The van der Waals surface area contributed by atoms with Crippen molar-refractivity contribution < 1.29 is 14.5 Å². The zero-order valence-electron chi connectivity index (χ0n) is 14.0. The molecule has 1 N–H and O–H groups in total. The van der Waals surface area contributed by atoms with E-state index in [0.717, 1.165) is 5.56 Å². The summed E-state index contributed by atoms with van der Waals surface area (Å²) in [4.78, 5) is 22.8. The Balaban J connectivity index is 1.70. The van der Waals surface area contributed by atoms with Gasteiger partial charge < -0.3 is 10.1 Å². The first kappa shape index (κ1) is 17.2. The van der Waals surface area contributed by atoms with E-state index in [-0.39, 0.29) is 11.3 Å². The summed E-state index contributed by atoms with van der Waals surface area (Å²) in [7, 11) is 0. The monoisotopic (exact) mass is 348 g/mol. The molecular weight excluding hydrogens is 332 g/mol. The highest BCUT2D eigenvalue weighted by Crippen LogP contribution is 2.24. The number of nitrogens with zero attached hydrogens (tertiary/aromatic N) is 1. The van der Waals surface area contributed by atoms with E-state index in [1.807, 2.05) is 31.2 Å². The first-order chi connectivity index (χ1) is 12.5. The molecule has 0 radical (unpaired) electrons. The van der Waals surface area contributed by atoms with Gasteiger partial charge >= 0.3 is 0 Å². The van der Waals surface area contributed by atoms with Crippen LogP contribution in [-0.2, 0) is 0 Å². The van der Waals surface area contributed by atoms with E-state index in [2.05, 4.69) is 5.32 Å². The quantitative estimate of drug-likeness (QED) is 0.522. The van der Waals surface area contributed by atoms with Crippen LogP contribution >= 0.6 is 0 Å². The molecule has 0 aromatic heterocycles. The lowest BCUT2D eigenvalue weighted by Crippen LogP contribution is -2.13. The second-order valence-corrected chi connectivity index (χ2v) is 5.67. The number of rotatable bonds is 5. The minimum Gasteiger partial charge on any atom is -0.457 e. The fraction of sp³-hybridized carbons (Fsp3) is 0.0500. The molecular formula is C20H16N2O4. The van der Waals surface area contributed by atoms with Gasteiger partial charge in [-0.1, -0.05) is 29.8 Å². The molecule has 6 nitrogen and oxygen atoms in total. The molecule has 0 heterocycles. The highest BCUT2D eigenvalue weighted by Gasteiger charge is 2.19. The fourth-order valence-corrected chi connectivity index (χ4v) is 2.37. The smallest absolute Gasteiger partial charge is 0.282 e. The van der Waals surface area contributed by atoms with E-state index in [0.29, 0.717) is 17.2 Å². The van der Waals surface area contributed by atoms with Crippen LogP contribution in [0.4, 0.5) is 11.4 Å². The van der Waals surface area contributed by atoms with Crippen LogP contribution < -0.4 is 10.1 Å². The first-order valence-corrected chi connectivity index (χ1v) is 7.92. The van der Waals surface area contributed by atoms with Crippen LogP contribution in [0.1, 0.15) is 15.9 Å². The molecule has 130 valence electrons. The Hall–Kier alpha value is -3.67. The van der Waals surface area contributed by atoms with Gasteiger partial charge in [-0.25, -0.2) is 0 Å². The number of nitro groups is 1. The normalized spacial score (nSPS) is 10.2. The molecule has 1 amide bonds. The summed E-state index contributed by atoms with van der Waals surface area (Å²) < 4.78 is 5.73. The Morgan fingerprint density at radius 3 is 2.12 bits per heavy atom. The lowest BCUT2D eigenvalue weighted by molar-refractivity contribution is -0.385. The topological polar surface area (TPSA) is 81.5 Å². The standard InChI is InChI=1S/C20H16N2O4/c1-14-6-10-16(11-7-14)26-17-12-8-15(9-13-17)21-20(23)18-4-2-3-5-19(18)22(24)25/h2-13H,1H3,(H,21,23). The van der Waals surface area contributed by atoms with Crippen molar-refractivity contribution in [1.29, 1.82) is 0 Å². The predicted molar refractivity (Wildman–Crippen MR) is 98.7 cm³/mol. The van der Waals surface area contributed by atoms with Crippen LogP contribution in [-0.4, -0.2) is 10.8 Å². The maximum atomic E-state index is 12.3. The van der Waals surface area contributed by atoms with E-state index in [4.69, 9.17) is 4.74 Å². The molecule has 0 fully saturated rings. The second kappa shape index (κ2) is 7.48. The van der Waals surface area contributed by atoms with Crippen molar-refractivity contribution in [2.24, 2.45) is 0 Å². The number of carbonyl (C=O) groups is 1. The lowest BCUT2D eigenvalue weighted by Gasteiger charge is -2.08. The van der Waals surface area contributed by atoms with Gasteiger partial charge in [0.15, 0.2) is 0 Å². The third-order valence-corrected chi connectivity index (χ3v) is 3.71. The number of hydrogen-bond acceptors (Lipinski definition) is 4. The highest BCUT2D eigenvalue weighted by molar-refractivity contribution is 6.07. The van der Waals surface area contributed by atoms with Crippen molar-refractivity contribution in [3.05, 3.63) is 94.0 Å². The molecule has 26 heavy (non-hydrogen) atoms. The van der Waals surface area contributed by atoms with Crippen molar-refractivity contribution in [2.75, 3.05) is 5.32 Å². The van der Waals surface area contributed by atoms with Crippen LogP contribution in [0.2, 0.25) is 0 Å². The summed E-state index contributed by atoms with van der Waals surface area (Å²) in [5.41, 5.74) is 1.44. The van der Waals surface area contributed by atoms with Crippen LogP contribution in [0, 0.1) is 17.0 Å². The first-order valence-electron chi connectivity index (χ1n) is 7.92. The Labute approximate surface area is 150 Å². The second-order valence-electron chi connectivity index (χ2n) is 5.67. The third kappa shape index (κ3) is 4.05. The number of nitro benzene ring substituents is 1. The third-order valence-electron chi connectivity index (χ3n) is 3.71. The highest BCUT2D eigenvalue weighted by atomic mass is 16.6. The zero-order valence-corrected chi connectivity index (χ0v) is 14.0. The summed E-state index contributed by atoms with van der Waals surface area (Å²) in [6.45, 7) is 2.00. The Kier molecular flexibility index (Phi) is 4.94. The summed E-state index contributed by atoms with van der Waals surface area (Å²) in [5.74, 6) is 0.800. The largest absolute Gasteiger partial charge is 0.457 e. The fourth-order valence-electron chi connectivity index (χ4n) is 2.37. The van der Waals surface area contributed by atoms with Gasteiger partial charge in [-0.15, -0.1) is 0 Å².